The molecule has 0 radical (unpaired) electrons. The van der Waals surface area contributed by atoms with Crippen LogP contribution in [-0.4, -0.2) is 53.5 Å². The number of pyridine rings is 1. The minimum atomic E-state index is -0.348. The maximum Gasteiger partial charge on any atom is 0.166 e. The van der Waals surface area contributed by atoms with Gasteiger partial charge in [-0.1, -0.05) is 24.0 Å². The Morgan fingerprint density at radius 2 is 2.00 bits per heavy atom. The van der Waals surface area contributed by atoms with E-state index in [1.54, 1.807) is 17.5 Å². The Balaban J connectivity index is 1.09. The Bertz CT molecular complexity index is 1350. The van der Waals surface area contributed by atoms with Crippen molar-refractivity contribution in [2.45, 2.75) is 69.4 Å². The minimum Gasteiger partial charge on any atom is -0.485 e. The second-order valence-corrected chi connectivity index (χ2v) is 12.0. The van der Waals surface area contributed by atoms with Gasteiger partial charge in [-0.15, -0.1) is 11.3 Å². The molecule has 7 nitrogen and oxygen atoms in total. The molecule has 0 bridgehead atoms. The highest BCUT2D eigenvalue weighted by Gasteiger charge is 2.45. The van der Waals surface area contributed by atoms with E-state index in [1.165, 1.54) is 5.01 Å². The molecule has 2 saturated heterocycles. The number of likely N-dealkylation sites (tertiary alicyclic amines) is 1. The fourth-order valence-corrected chi connectivity index (χ4v) is 6.17. The number of anilines is 1. The Morgan fingerprint density at radius 3 is 2.79 bits per heavy atom. The molecule has 8 heteroatoms. The fraction of sp³-hybridized carbons (Fsp3) is 0.484. The van der Waals surface area contributed by atoms with Crippen LogP contribution < -0.4 is 10.5 Å². The molecule has 0 amide bonds. The van der Waals surface area contributed by atoms with E-state index in [9.17, 15) is 0 Å². The summed E-state index contributed by atoms with van der Waals surface area (Å²) in [5.41, 5.74) is 8.78. The normalized spacial score (nSPS) is 21.2. The molecule has 2 aromatic heterocycles. The summed E-state index contributed by atoms with van der Waals surface area (Å²) in [4.78, 5) is 12.6. The average molecular weight is 545 g/mol. The molecule has 0 spiro atoms. The number of aromatic nitrogens is 2. The quantitative estimate of drug-likeness (QED) is 0.388. The Morgan fingerprint density at radius 1 is 1.13 bits per heavy atom. The molecule has 39 heavy (non-hydrogen) atoms. The Kier molecular flexibility index (Phi) is 7.85. The summed E-state index contributed by atoms with van der Waals surface area (Å²) >= 11 is 1.75. The molecule has 3 fully saturated rings. The van der Waals surface area contributed by atoms with Gasteiger partial charge >= 0.3 is 0 Å². The fourth-order valence-electron chi connectivity index (χ4n) is 5.10. The van der Waals surface area contributed by atoms with Crippen LogP contribution in [0, 0.1) is 11.8 Å². The van der Waals surface area contributed by atoms with Gasteiger partial charge in [0, 0.05) is 36.0 Å². The van der Waals surface area contributed by atoms with Gasteiger partial charge in [0.05, 0.1) is 9.88 Å². The Hall–Kier alpha value is -2.96. The van der Waals surface area contributed by atoms with Crippen molar-refractivity contribution in [1.29, 1.82) is 0 Å². The second-order valence-electron chi connectivity index (χ2n) is 10.9. The smallest absolute Gasteiger partial charge is 0.166 e. The third-order valence-electron chi connectivity index (χ3n) is 7.71. The van der Waals surface area contributed by atoms with Crippen molar-refractivity contribution in [2.24, 2.45) is 0 Å². The molecule has 2 N–H and O–H groups in total. The van der Waals surface area contributed by atoms with Gasteiger partial charge in [-0.2, -0.15) is 0 Å². The largest absolute Gasteiger partial charge is 0.485 e. The van der Waals surface area contributed by atoms with Crippen LogP contribution in [-0.2, 0) is 16.1 Å². The lowest BCUT2D eigenvalue weighted by molar-refractivity contribution is -0.183. The zero-order chi connectivity index (χ0) is 26.7. The van der Waals surface area contributed by atoms with E-state index in [4.69, 9.17) is 24.9 Å². The van der Waals surface area contributed by atoms with Gasteiger partial charge in [-0.25, -0.2) is 9.97 Å². The van der Waals surface area contributed by atoms with Gasteiger partial charge in [0.15, 0.2) is 17.9 Å². The van der Waals surface area contributed by atoms with Crippen molar-refractivity contribution >= 4 is 17.2 Å². The van der Waals surface area contributed by atoms with Crippen LogP contribution in [0.3, 0.4) is 0 Å². The molecule has 1 aliphatic carbocycles. The van der Waals surface area contributed by atoms with E-state index in [-0.39, 0.29) is 11.9 Å². The molecule has 1 atom stereocenters. The highest BCUT2D eigenvalue weighted by molar-refractivity contribution is 7.15. The molecule has 1 unspecified atom stereocenters. The minimum absolute atomic E-state index is 0.115. The van der Waals surface area contributed by atoms with E-state index in [0.717, 1.165) is 86.2 Å². The van der Waals surface area contributed by atoms with Crippen molar-refractivity contribution in [3.63, 3.8) is 0 Å². The molecule has 204 valence electrons. The SMILES string of the molecule is CN1CCC(c2ncc(-c3cnc(N)c(OCc4cccc(C#CC5(OC6CCCCO6)CC5)c4)c3)s2)CC1. The van der Waals surface area contributed by atoms with Gasteiger partial charge in [0.25, 0.3) is 0 Å². The first kappa shape index (κ1) is 26.3. The van der Waals surface area contributed by atoms with Crippen LogP contribution in [0.15, 0.2) is 42.7 Å². The molecule has 2 aliphatic heterocycles. The molecule has 1 aromatic carbocycles. The van der Waals surface area contributed by atoms with Gasteiger partial charge < -0.3 is 24.8 Å². The number of nitrogen functional groups attached to an aromatic ring is 1. The van der Waals surface area contributed by atoms with E-state index >= 15 is 0 Å². The summed E-state index contributed by atoms with van der Waals surface area (Å²) in [6.45, 7) is 3.41. The van der Waals surface area contributed by atoms with Crippen molar-refractivity contribution < 1.29 is 14.2 Å². The first-order chi connectivity index (χ1) is 19.1. The molecule has 1 saturated carbocycles. The van der Waals surface area contributed by atoms with E-state index in [0.29, 0.717) is 24.1 Å². The molecule has 3 aromatic rings. The number of ether oxygens (including phenoxy) is 3. The number of thiazole rings is 1. The lowest BCUT2D eigenvalue weighted by Crippen LogP contribution is -2.29. The summed E-state index contributed by atoms with van der Waals surface area (Å²) in [5.74, 6) is 8.18. The predicted octanol–water partition coefficient (Wildman–Crippen LogP) is 5.60. The topological polar surface area (TPSA) is 82.7 Å². The maximum atomic E-state index is 6.20. The average Bonchev–Trinajstić information content (AvgIpc) is 3.54. The highest BCUT2D eigenvalue weighted by Crippen LogP contribution is 2.41. The van der Waals surface area contributed by atoms with Gasteiger partial charge in [-0.05, 0) is 88.8 Å². The highest BCUT2D eigenvalue weighted by atomic mass is 32.1. The van der Waals surface area contributed by atoms with Crippen LogP contribution in [0.1, 0.15) is 67.0 Å². The number of piperidine rings is 1. The second kappa shape index (κ2) is 11.6. The first-order valence-corrected chi connectivity index (χ1v) is 14.8. The van der Waals surface area contributed by atoms with Crippen LogP contribution in [0.2, 0.25) is 0 Å². The molecular formula is C31H36N4O3S. The summed E-state index contributed by atoms with van der Waals surface area (Å²) in [6, 6.07) is 10.1. The number of hydrogen-bond donors (Lipinski definition) is 1. The van der Waals surface area contributed by atoms with Crippen LogP contribution in [0.25, 0.3) is 10.4 Å². The van der Waals surface area contributed by atoms with E-state index in [1.807, 2.05) is 30.5 Å². The number of benzene rings is 1. The molecule has 6 rings (SSSR count). The van der Waals surface area contributed by atoms with Gasteiger partial charge in [-0.3, -0.25) is 0 Å². The zero-order valence-corrected chi connectivity index (χ0v) is 23.3. The zero-order valence-electron chi connectivity index (χ0n) is 22.5. The lowest BCUT2D eigenvalue weighted by atomic mass is 9.98. The molecule has 3 aliphatic rings. The van der Waals surface area contributed by atoms with Crippen LogP contribution >= 0.6 is 11.3 Å². The first-order valence-electron chi connectivity index (χ1n) is 14.0. The number of hydrogen-bond acceptors (Lipinski definition) is 8. The molecular weight excluding hydrogens is 508 g/mol. The standard InChI is InChI=1S/C31H36N4O3S/c1-35-14-9-24(10-15-35)30-34-20-27(39-30)25-18-26(29(32)33-19-25)37-21-23-6-4-5-22(17-23)8-11-31(12-13-31)38-28-7-2-3-16-36-28/h4-6,17-20,24,28H,2-3,7,9-10,12-16,21H2,1H3,(H2,32,33). The number of nitrogens with two attached hydrogens (primary N) is 1. The summed E-state index contributed by atoms with van der Waals surface area (Å²) in [6.07, 6.45) is 11.1. The predicted molar refractivity (Wildman–Crippen MR) is 154 cm³/mol. The molecule has 4 heterocycles. The van der Waals surface area contributed by atoms with Crippen molar-refractivity contribution in [3.8, 4) is 28.0 Å². The number of rotatable bonds is 7. The third kappa shape index (κ3) is 6.62. The lowest BCUT2D eigenvalue weighted by Gasteiger charge is -2.27. The maximum absolute atomic E-state index is 6.20. The monoisotopic (exact) mass is 544 g/mol. The van der Waals surface area contributed by atoms with Crippen LogP contribution in [0.5, 0.6) is 5.75 Å². The summed E-state index contributed by atoms with van der Waals surface area (Å²) in [5, 5.41) is 1.21. The van der Waals surface area contributed by atoms with Crippen LogP contribution in [0.4, 0.5) is 5.82 Å². The van der Waals surface area contributed by atoms with Gasteiger partial charge in [0.1, 0.15) is 12.2 Å². The summed E-state index contributed by atoms with van der Waals surface area (Å²) in [7, 11) is 2.18. The third-order valence-corrected chi connectivity index (χ3v) is 8.92. The Labute approximate surface area is 234 Å². The van der Waals surface area contributed by atoms with Crippen molar-refractivity contribution in [2.75, 3.05) is 32.5 Å². The van der Waals surface area contributed by atoms with E-state index < -0.39 is 0 Å². The summed E-state index contributed by atoms with van der Waals surface area (Å²) < 4.78 is 18.1. The van der Waals surface area contributed by atoms with Gasteiger partial charge in [0.2, 0.25) is 0 Å². The van der Waals surface area contributed by atoms with Crippen molar-refractivity contribution in [1.82, 2.24) is 14.9 Å². The van der Waals surface area contributed by atoms with E-state index in [2.05, 4.69) is 34.8 Å². The number of nitrogens with zero attached hydrogens (tertiary/aromatic N) is 3. The van der Waals surface area contributed by atoms with Crippen molar-refractivity contribution in [3.05, 3.63) is 58.9 Å².